The van der Waals surface area contributed by atoms with Crippen LogP contribution in [0.5, 0.6) is 11.5 Å². The molecule has 0 saturated heterocycles. The zero-order valence-electron chi connectivity index (χ0n) is 14.3. The number of methoxy groups -OCH3 is 1. The van der Waals surface area contributed by atoms with Crippen molar-refractivity contribution in [3.63, 3.8) is 0 Å². The Hall–Kier alpha value is -3.35. The molecule has 0 aliphatic heterocycles. The number of non-ortho nitro benzene ring substituents is 1. The van der Waals surface area contributed by atoms with Gasteiger partial charge in [0.15, 0.2) is 0 Å². The highest BCUT2D eigenvalue weighted by Gasteiger charge is 2.09. The first-order chi connectivity index (χ1) is 12.6. The number of pyridine rings is 1. The van der Waals surface area contributed by atoms with Gasteiger partial charge >= 0.3 is 0 Å². The van der Waals surface area contributed by atoms with Gasteiger partial charge in [-0.05, 0) is 42.8 Å². The van der Waals surface area contributed by atoms with E-state index in [1.165, 1.54) is 18.2 Å². The summed E-state index contributed by atoms with van der Waals surface area (Å²) in [6.07, 6.45) is 0.627. The molecule has 0 saturated carbocycles. The Bertz CT molecular complexity index is 979. The van der Waals surface area contributed by atoms with Crippen molar-refractivity contribution in [2.45, 2.75) is 13.0 Å². The maximum absolute atomic E-state index is 12.2. The van der Waals surface area contributed by atoms with Gasteiger partial charge in [-0.25, -0.2) is 0 Å². The molecular weight excluding hydrogens is 336 g/mol. The van der Waals surface area contributed by atoms with Gasteiger partial charge in [0, 0.05) is 30.1 Å². The Balaban J connectivity index is 1.68. The molecule has 0 amide bonds. The molecule has 2 aromatic carbocycles. The molecule has 0 aliphatic carbocycles. The molecule has 7 heteroatoms. The summed E-state index contributed by atoms with van der Waals surface area (Å²) in [4.78, 5) is 22.6. The fraction of sp³-hybridized carbons (Fsp3) is 0.211. The molecule has 7 nitrogen and oxygen atoms in total. The number of rotatable bonds is 7. The summed E-state index contributed by atoms with van der Waals surface area (Å²) in [5.74, 6) is 1.49. The summed E-state index contributed by atoms with van der Waals surface area (Å²) in [6.45, 7) is 0.909. The summed E-state index contributed by atoms with van der Waals surface area (Å²) >= 11 is 0. The minimum Gasteiger partial charge on any atom is -0.497 e. The lowest BCUT2D eigenvalue weighted by atomic mass is 10.2. The first-order valence-electron chi connectivity index (χ1n) is 8.13. The number of nitro groups is 1. The number of aromatic nitrogens is 1. The van der Waals surface area contributed by atoms with Crippen molar-refractivity contribution in [1.82, 2.24) is 4.57 Å². The molecule has 26 heavy (non-hydrogen) atoms. The van der Waals surface area contributed by atoms with Crippen LogP contribution >= 0.6 is 0 Å². The lowest BCUT2D eigenvalue weighted by molar-refractivity contribution is -0.384. The van der Waals surface area contributed by atoms with Gasteiger partial charge in [0.05, 0.1) is 24.2 Å². The summed E-state index contributed by atoms with van der Waals surface area (Å²) in [7, 11) is 1.60. The fourth-order valence-corrected chi connectivity index (χ4v) is 2.72. The van der Waals surface area contributed by atoms with Gasteiger partial charge in [-0.1, -0.05) is 0 Å². The average molecular weight is 354 g/mol. The van der Waals surface area contributed by atoms with Gasteiger partial charge in [-0.3, -0.25) is 14.9 Å². The number of ether oxygens (including phenoxy) is 2. The van der Waals surface area contributed by atoms with E-state index in [4.69, 9.17) is 9.47 Å². The van der Waals surface area contributed by atoms with Gasteiger partial charge in [-0.15, -0.1) is 0 Å². The van der Waals surface area contributed by atoms with Gasteiger partial charge in [-0.2, -0.15) is 0 Å². The number of nitrogens with zero attached hydrogens (tertiary/aromatic N) is 2. The number of aryl methyl sites for hydroxylation is 1. The molecule has 0 unspecified atom stereocenters. The number of hydrogen-bond acceptors (Lipinski definition) is 5. The van der Waals surface area contributed by atoms with Crippen LogP contribution in [-0.2, 0) is 6.54 Å². The van der Waals surface area contributed by atoms with Gasteiger partial charge < -0.3 is 14.0 Å². The Morgan fingerprint density at radius 3 is 2.46 bits per heavy atom. The van der Waals surface area contributed by atoms with E-state index in [1.807, 2.05) is 24.3 Å². The quantitative estimate of drug-likeness (QED) is 0.369. The molecule has 3 aromatic rings. The van der Waals surface area contributed by atoms with Gasteiger partial charge in [0.1, 0.15) is 11.5 Å². The van der Waals surface area contributed by atoms with E-state index in [0.717, 1.165) is 11.5 Å². The van der Waals surface area contributed by atoms with Crippen LogP contribution < -0.4 is 15.0 Å². The third-order valence-electron chi connectivity index (χ3n) is 4.04. The fourth-order valence-electron chi connectivity index (χ4n) is 2.72. The van der Waals surface area contributed by atoms with Crippen LogP contribution in [0.1, 0.15) is 6.42 Å². The highest BCUT2D eigenvalue weighted by Crippen LogP contribution is 2.20. The van der Waals surface area contributed by atoms with Crippen molar-refractivity contribution in [1.29, 1.82) is 0 Å². The van der Waals surface area contributed by atoms with Crippen LogP contribution in [-0.4, -0.2) is 23.2 Å². The highest BCUT2D eigenvalue weighted by atomic mass is 16.6. The smallest absolute Gasteiger partial charge is 0.270 e. The van der Waals surface area contributed by atoms with Crippen molar-refractivity contribution in [2.24, 2.45) is 0 Å². The van der Waals surface area contributed by atoms with E-state index in [1.54, 1.807) is 23.8 Å². The highest BCUT2D eigenvalue weighted by molar-refractivity contribution is 5.81. The second kappa shape index (κ2) is 7.69. The second-order valence-corrected chi connectivity index (χ2v) is 5.70. The van der Waals surface area contributed by atoms with Crippen LogP contribution in [0.3, 0.4) is 0 Å². The molecule has 0 radical (unpaired) electrons. The minimum absolute atomic E-state index is 0.00513. The van der Waals surface area contributed by atoms with Crippen LogP contribution in [0.2, 0.25) is 0 Å². The third kappa shape index (κ3) is 3.83. The van der Waals surface area contributed by atoms with E-state index in [9.17, 15) is 14.9 Å². The number of benzene rings is 2. The minimum atomic E-state index is -0.447. The first kappa shape index (κ1) is 17.5. The number of hydrogen-bond donors (Lipinski definition) is 0. The zero-order chi connectivity index (χ0) is 18.5. The summed E-state index contributed by atoms with van der Waals surface area (Å²) in [5.41, 5.74) is 0.536. The van der Waals surface area contributed by atoms with E-state index < -0.39 is 4.92 Å². The van der Waals surface area contributed by atoms with E-state index in [-0.39, 0.29) is 11.2 Å². The summed E-state index contributed by atoms with van der Waals surface area (Å²) < 4.78 is 12.4. The molecule has 134 valence electrons. The summed E-state index contributed by atoms with van der Waals surface area (Å²) in [5, 5.41) is 11.6. The Morgan fingerprint density at radius 1 is 1.04 bits per heavy atom. The standard InChI is InChI=1S/C19H18N2O5/c1-25-16-5-7-17(8-6-16)26-12-2-11-20-18-9-4-15(21(23)24)13-14(18)3-10-19(20)22/h3-10,13H,2,11-12H2,1H3. The topological polar surface area (TPSA) is 83.6 Å². The van der Waals surface area contributed by atoms with E-state index in [0.29, 0.717) is 30.5 Å². The zero-order valence-corrected chi connectivity index (χ0v) is 14.3. The SMILES string of the molecule is COc1ccc(OCCCn2c(=O)ccc3cc([N+](=O)[O-])ccc32)cc1. The van der Waals surface area contributed by atoms with Crippen molar-refractivity contribution in [2.75, 3.05) is 13.7 Å². The van der Waals surface area contributed by atoms with Crippen molar-refractivity contribution >= 4 is 16.6 Å². The van der Waals surface area contributed by atoms with Crippen LogP contribution in [0.25, 0.3) is 10.9 Å². The molecule has 0 atom stereocenters. The predicted molar refractivity (Wildman–Crippen MR) is 98.0 cm³/mol. The molecule has 0 bridgehead atoms. The second-order valence-electron chi connectivity index (χ2n) is 5.70. The number of nitro benzene ring substituents is 1. The van der Waals surface area contributed by atoms with Crippen LogP contribution in [0.15, 0.2) is 59.4 Å². The van der Waals surface area contributed by atoms with Gasteiger partial charge in [0.25, 0.3) is 11.2 Å². The Morgan fingerprint density at radius 2 is 1.77 bits per heavy atom. The largest absolute Gasteiger partial charge is 0.497 e. The molecular formula is C19H18N2O5. The molecule has 0 N–H and O–H groups in total. The monoisotopic (exact) mass is 354 g/mol. The van der Waals surface area contributed by atoms with Crippen molar-refractivity contribution < 1.29 is 14.4 Å². The lowest BCUT2D eigenvalue weighted by Gasteiger charge is -2.11. The molecule has 1 heterocycles. The predicted octanol–water partition coefficient (Wildman–Crippen LogP) is 3.39. The van der Waals surface area contributed by atoms with E-state index >= 15 is 0 Å². The molecule has 1 aromatic heterocycles. The third-order valence-corrected chi connectivity index (χ3v) is 4.04. The molecule has 0 fully saturated rings. The van der Waals surface area contributed by atoms with Crippen molar-refractivity contribution in [3.8, 4) is 11.5 Å². The van der Waals surface area contributed by atoms with Crippen LogP contribution in [0, 0.1) is 10.1 Å². The van der Waals surface area contributed by atoms with E-state index in [2.05, 4.69) is 0 Å². The molecule has 3 rings (SSSR count). The Labute approximate surface area is 149 Å². The Kier molecular flexibility index (Phi) is 5.17. The summed E-state index contributed by atoms with van der Waals surface area (Å²) in [6, 6.07) is 14.8. The van der Waals surface area contributed by atoms with Crippen LogP contribution in [0.4, 0.5) is 5.69 Å². The maximum Gasteiger partial charge on any atom is 0.270 e. The lowest BCUT2D eigenvalue weighted by Crippen LogP contribution is -2.20. The molecule has 0 spiro atoms. The number of fused-ring (bicyclic) bond motifs is 1. The maximum atomic E-state index is 12.2. The van der Waals surface area contributed by atoms with Crippen molar-refractivity contribution in [3.05, 3.63) is 75.1 Å². The average Bonchev–Trinajstić information content (AvgIpc) is 2.66. The first-order valence-corrected chi connectivity index (χ1v) is 8.13. The van der Waals surface area contributed by atoms with Gasteiger partial charge in [0.2, 0.25) is 0 Å². The molecule has 0 aliphatic rings. The normalized spacial score (nSPS) is 10.7.